The van der Waals surface area contributed by atoms with Crippen LogP contribution in [0.3, 0.4) is 0 Å². The van der Waals surface area contributed by atoms with Gasteiger partial charge in [-0.1, -0.05) is 16.6 Å². The number of nitrogens with one attached hydrogen (secondary N) is 1. The molecule has 2 amide bonds. The molecule has 2 aromatic rings. The minimum Gasteiger partial charge on any atom is -0.481 e. The normalized spacial score (nSPS) is 14.8. The number of nitrogens with zero attached hydrogens (tertiary/aromatic N) is 3. The van der Waals surface area contributed by atoms with Crippen LogP contribution in [0.1, 0.15) is 28.2 Å². The van der Waals surface area contributed by atoms with Gasteiger partial charge >= 0.3 is 0 Å². The van der Waals surface area contributed by atoms with Gasteiger partial charge in [-0.15, -0.1) is 5.10 Å². The van der Waals surface area contributed by atoms with Crippen molar-refractivity contribution in [3.63, 3.8) is 0 Å². The van der Waals surface area contributed by atoms with Gasteiger partial charge < -0.3 is 15.0 Å². The maximum absolute atomic E-state index is 13.4. The molecule has 0 radical (unpaired) electrons. The van der Waals surface area contributed by atoms with Gasteiger partial charge in [0.05, 0.1) is 5.69 Å². The number of hydrogen-bond acceptors (Lipinski definition) is 6. The second-order valence-electron chi connectivity index (χ2n) is 6.45. The lowest BCUT2D eigenvalue weighted by Gasteiger charge is -2.31. The lowest BCUT2D eigenvalue weighted by Crippen LogP contribution is -2.42. The Kier molecular flexibility index (Phi) is 6.33. The zero-order valence-electron chi connectivity index (χ0n) is 15.0. The van der Waals surface area contributed by atoms with Crippen LogP contribution in [0.4, 0.5) is 4.39 Å². The fourth-order valence-corrected chi connectivity index (χ4v) is 3.55. The van der Waals surface area contributed by atoms with Gasteiger partial charge in [0.1, 0.15) is 4.88 Å². The number of ether oxygens (including phenoxy) is 1. The van der Waals surface area contributed by atoms with Crippen molar-refractivity contribution in [2.75, 3.05) is 26.2 Å². The molecule has 0 spiro atoms. The number of likely N-dealkylation sites (tertiary alicyclic amines) is 1. The third-order valence-electron chi connectivity index (χ3n) is 4.53. The molecule has 0 saturated carbocycles. The van der Waals surface area contributed by atoms with E-state index in [1.807, 2.05) is 4.90 Å². The number of carbonyl (C=O) groups excluding carboxylic acids is 2. The van der Waals surface area contributed by atoms with E-state index in [-0.39, 0.29) is 24.2 Å². The van der Waals surface area contributed by atoms with Gasteiger partial charge in [0.25, 0.3) is 11.8 Å². The number of halogens is 1. The quantitative estimate of drug-likeness (QED) is 0.813. The first-order chi connectivity index (χ1) is 13.0. The smallest absolute Gasteiger partial charge is 0.267 e. The SMILES string of the molecule is Cc1nnsc1C(=O)N1CCC(CNC(=O)COc2ccccc2F)CC1. The van der Waals surface area contributed by atoms with Crippen LogP contribution in [0, 0.1) is 18.7 Å². The van der Waals surface area contributed by atoms with E-state index >= 15 is 0 Å². The zero-order chi connectivity index (χ0) is 19.2. The predicted octanol–water partition coefficient (Wildman–Crippen LogP) is 2.03. The molecule has 2 heterocycles. The van der Waals surface area contributed by atoms with Gasteiger partial charge in [-0.3, -0.25) is 9.59 Å². The van der Waals surface area contributed by atoms with E-state index < -0.39 is 5.82 Å². The van der Waals surface area contributed by atoms with Gasteiger partial charge in [-0.25, -0.2) is 4.39 Å². The fraction of sp³-hybridized carbons (Fsp3) is 0.444. The van der Waals surface area contributed by atoms with Gasteiger partial charge in [-0.2, -0.15) is 0 Å². The Bertz CT molecular complexity index is 805. The van der Waals surface area contributed by atoms with E-state index in [0.717, 1.165) is 24.4 Å². The van der Waals surface area contributed by atoms with Gasteiger partial charge in [0.2, 0.25) is 0 Å². The molecule has 27 heavy (non-hydrogen) atoms. The highest BCUT2D eigenvalue weighted by molar-refractivity contribution is 7.07. The first kappa shape index (κ1) is 19.2. The summed E-state index contributed by atoms with van der Waals surface area (Å²) in [6.07, 6.45) is 1.62. The maximum Gasteiger partial charge on any atom is 0.267 e. The molecule has 0 bridgehead atoms. The van der Waals surface area contributed by atoms with Crippen molar-refractivity contribution in [1.29, 1.82) is 0 Å². The minimum absolute atomic E-state index is 0.0247. The van der Waals surface area contributed by atoms with E-state index in [2.05, 4.69) is 14.9 Å². The van der Waals surface area contributed by atoms with Gasteiger partial charge in [0.15, 0.2) is 18.2 Å². The number of aromatic nitrogens is 2. The first-order valence-corrected chi connectivity index (χ1v) is 9.54. The topological polar surface area (TPSA) is 84.4 Å². The molecule has 0 atom stereocenters. The first-order valence-electron chi connectivity index (χ1n) is 8.77. The monoisotopic (exact) mass is 392 g/mol. The van der Waals surface area contributed by atoms with Crippen LogP contribution in [0.5, 0.6) is 5.75 Å². The highest BCUT2D eigenvalue weighted by atomic mass is 32.1. The Hall–Kier alpha value is -2.55. The average Bonchev–Trinajstić information content (AvgIpc) is 3.11. The van der Waals surface area contributed by atoms with E-state index in [1.165, 1.54) is 12.1 Å². The summed E-state index contributed by atoms with van der Waals surface area (Å²) >= 11 is 1.12. The molecule has 1 saturated heterocycles. The number of para-hydroxylation sites is 1. The molecule has 144 valence electrons. The van der Waals surface area contributed by atoms with E-state index in [9.17, 15) is 14.0 Å². The maximum atomic E-state index is 13.4. The van der Waals surface area contributed by atoms with Gasteiger partial charge in [-0.05, 0) is 49.3 Å². The summed E-state index contributed by atoms with van der Waals surface area (Å²) in [4.78, 5) is 26.7. The standard InChI is InChI=1S/C18H21FN4O3S/c1-12-17(27-22-21-12)18(25)23-8-6-13(7-9-23)10-20-16(24)11-26-15-5-3-2-4-14(15)19/h2-5,13H,6-11H2,1H3,(H,20,24). The van der Waals surface area contributed by atoms with E-state index in [4.69, 9.17) is 4.74 Å². The van der Waals surface area contributed by atoms with Crippen molar-refractivity contribution in [1.82, 2.24) is 19.8 Å². The fourth-order valence-electron chi connectivity index (χ4n) is 2.93. The van der Waals surface area contributed by atoms with Crippen molar-refractivity contribution in [2.24, 2.45) is 5.92 Å². The Labute approximate surface area is 160 Å². The molecule has 7 nitrogen and oxygen atoms in total. The van der Waals surface area contributed by atoms with Crippen molar-refractivity contribution in [3.05, 3.63) is 40.7 Å². The molecular weight excluding hydrogens is 371 g/mol. The summed E-state index contributed by atoms with van der Waals surface area (Å²) in [5, 5.41) is 6.69. The number of rotatable bonds is 6. The van der Waals surface area contributed by atoms with Gasteiger partial charge in [0, 0.05) is 19.6 Å². The van der Waals surface area contributed by atoms with Crippen LogP contribution in [-0.4, -0.2) is 52.5 Å². The molecule has 9 heteroatoms. The zero-order valence-corrected chi connectivity index (χ0v) is 15.8. The number of carbonyl (C=O) groups is 2. The summed E-state index contributed by atoms with van der Waals surface area (Å²) in [6.45, 7) is 3.35. The van der Waals surface area contributed by atoms with Crippen LogP contribution in [-0.2, 0) is 4.79 Å². The summed E-state index contributed by atoms with van der Waals surface area (Å²) in [5.41, 5.74) is 0.661. The molecule has 0 unspecified atom stereocenters. The largest absolute Gasteiger partial charge is 0.481 e. The highest BCUT2D eigenvalue weighted by Gasteiger charge is 2.26. The molecular formula is C18H21FN4O3S. The molecule has 1 aliphatic rings. The third kappa shape index (κ3) is 5.00. The lowest BCUT2D eigenvalue weighted by molar-refractivity contribution is -0.123. The predicted molar refractivity (Wildman–Crippen MR) is 98.2 cm³/mol. The Balaban J connectivity index is 1.38. The van der Waals surface area contributed by atoms with Crippen LogP contribution in [0.2, 0.25) is 0 Å². The van der Waals surface area contributed by atoms with Crippen molar-refractivity contribution in [2.45, 2.75) is 19.8 Å². The Morgan fingerprint density at radius 3 is 2.74 bits per heavy atom. The Morgan fingerprint density at radius 2 is 2.07 bits per heavy atom. The summed E-state index contributed by atoms with van der Waals surface area (Å²) in [6, 6.07) is 5.98. The molecule has 3 rings (SSSR count). The van der Waals surface area contributed by atoms with Crippen LogP contribution in [0.15, 0.2) is 24.3 Å². The van der Waals surface area contributed by atoms with Crippen LogP contribution >= 0.6 is 11.5 Å². The number of hydrogen-bond donors (Lipinski definition) is 1. The molecule has 1 aliphatic heterocycles. The van der Waals surface area contributed by atoms with Crippen LogP contribution < -0.4 is 10.1 Å². The second kappa shape index (κ2) is 8.90. The average molecular weight is 392 g/mol. The molecule has 1 N–H and O–H groups in total. The summed E-state index contributed by atoms with van der Waals surface area (Å²) in [5.74, 6) is -0.445. The lowest BCUT2D eigenvalue weighted by atomic mass is 9.96. The highest BCUT2D eigenvalue weighted by Crippen LogP contribution is 2.20. The number of piperidine rings is 1. The molecule has 1 aromatic heterocycles. The number of aryl methyl sites for hydroxylation is 1. The van der Waals surface area contributed by atoms with Crippen molar-refractivity contribution in [3.8, 4) is 5.75 Å². The molecule has 0 aliphatic carbocycles. The summed E-state index contributed by atoms with van der Waals surface area (Å²) < 4.78 is 22.4. The third-order valence-corrected chi connectivity index (χ3v) is 5.35. The van der Waals surface area contributed by atoms with Crippen LogP contribution in [0.25, 0.3) is 0 Å². The minimum atomic E-state index is -0.492. The summed E-state index contributed by atoms with van der Waals surface area (Å²) in [7, 11) is 0. The number of benzene rings is 1. The van der Waals surface area contributed by atoms with E-state index in [1.54, 1.807) is 19.1 Å². The molecule has 1 fully saturated rings. The van der Waals surface area contributed by atoms with Crippen molar-refractivity contribution < 1.29 is 18.7 Å². The Morgan fingerprint density at radius 1 is 1.33 bits per heavy atom. The second-order valence-corrected chi connectivity index (χ2v) is 7.20. The molecule has 1 aromatic carbocycles. The van der Waals surface area contributed by atoms with E-state index in [0.29, 0.717) is 36.1 Å². The van der Waals surface area contributed by atoms with Crippen molar-refractivity contribution >= 4 is 23.3 Å². The number of amides is 2.